The largest absolute Gasteiger partial charge is 0.508 e. The van der Waals surface area contributed by atoms with E-state index >= 15 is 0 Å². The molecule has 0 saturated heterocycles. The summed E-state index contributed by atoms with van der Waals surface area (Å²) < 4.78 is 0. The van der Waals surface area contributed by atoms with Crippen LogP contribution in [0.3, 0.4) is 0 Å². The fraction of sp³-hybridized carbons (Fsp3) is 0.571. The molecule has 1 rings (SSSR count). The molecule has 1 aromatic rings. The fourth-order valence-corrected chi connectivity index (χ4v) is 5.20. The number of phenols is 1. The lowest BCUT2D eigenvalue weighted by atomic mass is 10.0. The summed E-state index contributed by atoms with van der Waals surface area (Å²) in [6.45, 7) is 1.14. The Morgan fingerprint density at radius 2 is 1.18 bits per heavy atom. The summed E-state index contributed by atoms with van der Waals surface area (Å²) in [6, 6.07) is -2.24. The number of carboxylic acid groups (broad SMARTS) is 2. The minimum absolute atomic E-state index is 0.0469. The molecule has 0 aliphatic rings. The van der Waals surface area contributed by atoms with Crippen molar-refractivity contribution in [1.29, 1.82) is 0 Å². The van der Waals surface area contributed by atoms with E-state index in [4.69, 9.17) is 28.0 Å². The number of primary amides is 1. The van der Waals surface area contributed by atoms with Gasteiger partial charge in [0.25, 0.3) is 0 Å². The number of amides is 7. The van der Waals surface area contributed by atoms with E-state index in [1.165, 1.54) is 31.2 Å². The van der Waals surface area contributed by atoms with Crippen LogP contribution in [-0.4, -0.2) is 124 Å². The number of carbonyl (C=O) groups is 9. The fourth-order valence-electron chi connectivity index (χ4n) is 5.20. The number of hydrogen-bond donors (Lipinski definition) is 13. The molecule has 6 atom stereocenters. The van der Waals surface area contributed by atoms with Gasteiger partial charge in [-0.25, -0.2) is 4.79 Å². The van der Waals surface area contributed by atoms with E-state index in [2.05, 4.69) is 31.9 Å². The van der Waals surface area contributed by atoms with Crippen LogP contribution < -0.4 is 54.8 Å². The first-order valence-corrected chi connectivity index (χ1v) is 18.3. The van der Waals surface area contributed by atoms with E-state index in [1.807, 2.05) is 0 Å². The molecule has 318 valence electrons. The Balaban J connectivity index is 3.24. The standard InChI is InChI=1S/C35H56N10O12/c1-19(41-31(52)22(38)17-27(39)47)30(51)45-26(16-20-8-10-21(46)11-9-20)34(55)44-24(7-3-5-15-37)33(54)43-23(6-2-4-14-36)32(53)40-18-28(48)42-25(35(56)57)12-13-29(49)50/h8-11,19,22-26,46H,2-7,12-18,36-38H2,1H3,(H2,39,47)(H,40,53)(H,41,52)(H,42,48)(H,43,54)(H,44,55)(H,45,51)(H,49,50)(H,56,57)/t19-,22-,23-,24-,25-,26-/m0/s1. The van der Waals surface area contributed by atoms with Gasteiger partial charge in [-0.3, -0.25) is 38.4 Å². The number of unbranched alkanes of at least 4 members (excludes halogenated alkanes) is 2. The third-order valence-corrected chi connectivity index (χ3v) is 8.38. The smallest absolute Gasteiger partial charge is 0.326 e. The van der Waals surface area contributed by atoms with Crippen LogP contribution in [0.4, 0.5) is 0 Å². The number of phenolic OH excluding ortho intramolecular Hbond substituents is 1. The molecule has 22 heteroatoms. The molecule has 0 bridgehead atoms. The van der Waals surface area contributed by atoms with Crippen molar-refractivity contribution >= 4 is 53.3 Å². The maximum Gasteiger partial charge on any atom is 0.326 e. The topological polar surface area (TPSA) is 391 Å². The Hall–Kier alpha value is -5.87. The van der Waals surface area contributed by atoms with E-state index < -0.39 is 115 Å². The van der Waals surface area contributed by atoms with E-state index in [0.29, 0.717) is 31.2 Å². The predicted molar refractivity (Wildman–Crippen MR) is 202 cm³/mol. The molecule has 0 aromatic heterocycles. The molecule has 57 heavy (non-hydrogen) atoms. The molecule has 0 spiro atoms. The summed E-state index contributed by atoms with van der Waals surface area (Å²) in [7, 11) is 0. The molecule has 0 radical (unpaired) electrons. The SMILES string of the molecule is C[C@H](NC(=O)[C@@H](N)CC(N)=O)C(=O)N[C@@H](Cc1ccc(O)cc1)C(=O)N[C@@H](CCCCN)C(=O)N[C@@H](CCCCN)C(=O)NCC(=O)N[C@@H](CCC(=O)O)C(=O)O. The highest BCUT2D eigenvalue weighted by atomic mass is 16.4. The minimum atomic E-state index is -1.53. The maximum absolute atomic E-state index is 13.8. The minimum Gasteiger partial charge on any atom is -0.508 e. The highest BCUT2D eigenvalue weighted by Gasteiger charge is 2.31. The number of nitrogens with one attached hydrogen (secondary N) is 6. The van der Waals surface area contributed by atoms with Crippen molar-refractivity contribution in [1.82, 2.24) is 31.9 Å². The highest BCUT2D eigenvalue weighted by Crippen LogP contribution is 2.13. The van der Waals surface area contributed by atoms with Crippen LogP contribution in [0.15, 0.2) is 24.3 Å². The zero-order chi connectivity index (χ0) is 43.1. The Morgan fingerprint density at radius 1 is 0.649 bits per heavy atom. The molecular formula is C35H56N10O12. The normalized spacial score (nSPS) is 14.0. The molecule has 0 saturated carbocycles. The van der Waals surface area contributed by atoms with Gasteiger partial charge >= 0.3 is 11.9 Å². The zero-order valence-corrected chi connectivity index (χ0v) is 31.8. The van der Waals surface area contributed by atoms with Crippen LogP contribution in [0, 0.1) is 0 Å². The highest BCUT2D eigenvalue weighted by molar-refractivity contribution is 5.97. The maximum atomic E-state index is 13.8. The van der Waals surface area contributed by atoms with E-state index in [0.717, 1.165) is 0 Å². The predicted octanol–water partition coefficient (Wildman–Crippen LogP) is -4.10. The third kappa shape index (κ3) is 20.0. The summed E-state index contributed by atoms with van der Waals surface area (Å²) in [5.74, 6) is -8.68. The van der Waals surface area contributed by atoms with Crippen LogP contribution in [0.2, 0.25) is 0 Å². The van der Waals surface area contributed by atoms with Gasteiger partial charge in [-0.1, -0.05) is 12.1 Å². The average Bonchev–Trinajstić information content (AvgIpc) is 3.14. The summed E-state index contributed by atoms with van der Waals surface area (Å²) in [5.41, 5.74) is 22.5. The lowest BCUT2D eigenvalue weighted by Gasteiger charge is -2.26. The molecule has 0 aliphatic carbocycles. The second kappa shape index (κ2) is 26.1. The summed E-state index contributed by atoms with van der Waals surface area (Å²) in [6.07, 6.45) is 0.208. The Kier molecular flexibility index (Phi) is 22.5. The molecule has 22 nitrogen and oxygen atoms in total. The second-order valence-electron chi connectivity index (χ2n) is 13.2. The summed E-state index contributed by atoms with van der Waals surface area (Å²) in [4.78, 5) is 112. The molecule has 17 N–H and O–H groups in total. The molecule has 0 unspecified atom stereocenters. The van der Waals surface area contributed by atoms with Crippen LogP contribution >= 0.6 is 0 Å². The first-order valence-electron chi connectivity index (χ1n) is 18.3. The Bertz CT molecular complexity index is 1540. The first kappa shape index (κ1) is 49.1. The quantitative estimate of drug-likeness (QED) is 0.0358. The van der Waals surface area contributed by atoms with Crippen LogP contribution in [0.25, 0.3) is 0 Å². The summed E-state index contributed by atoms with van der Waals surface area (Å²) in [5, 5.41) is 42.5. The van der Waals surface area contributed by atoms with E-state index in [-0.39, 0.29) is 38.1 Å². The number of hydrogen-bond acceptors (Lipinski definition) is 13. The number of carbonyl (C=O) groups excluding carboxylic acids is 7. The van der Waals surface area contributed by atoms with Gasteiger partial charge < -0.3 is 70.2 Å². The average molecular weight is 809 g/mol. The molecular weight excluding hydrogens is 752 g/mol. The van der Waals surface area contributed by atoms with Crippen molar-refractivity contribution in [3.05, 3.63) is 29.8 Å². The number of rotatable bonds is 28. The molecule has 7 amide bonds. The first-order chi connectivity index (χ1) is 26.9. The number of aromatic hydroxyl groups is 1. The number of nitrogens with two attached hydrogens (primary N) is 4. The monoisotopic (exact) mass is 808 g/mol. The summed E-state index contributed by atoms with van der Waals surface area (Å²) >= 11 is 0. The van der Waals surface area contributed by atoms with E-state index in [1.54, 1.807) is 0 Å². The Morgan fingerprint density at radius 3 is 1.68 bits per heavy atom. The second-order valence-corrected chi connectivity index (χ2v) is 13.2. The van der Waals surface area contributed by atoms with Gasteiger partial charge in [-0.05, 0) is 82.7 Å². The molecule has 0 fully saturated rings. The van der Waals surface area contributed by atoms with E-state index in [9.17, 15) is 53.4 Å². The van der Waals surface area contributed by atoms with Gasteiger partial charge in [0.2, 0.25) is 41.4 Å². The van der Waals surface area contributed by atoms with Crippen LogP contribution in [-0.2, 0) is 49.6 Å². The third-order valence-electron chi connectivity index (χ3n) is 8.38. The Labute approximate surface area is 329 Å². The molecule has 1 aromatic carbocycles. The molecule has 0 aliphatic heterocycles. The lowest BCUT2D eigenvalue weighted by Crippen LogP contribution is -2.59. The van der Waals surface area contributed by atoms with Gasteiger partial charge in [-0.15, -0.1) is 0 Å². The van der Waals surface area contributed by atoms with Gasteiger partial charge in [0.05, 0.1) is 19.0 Å². The lowest BCUT2D eigenvalue weighted by molar-refractivity contribution is -0.143. The number of carboxylic acids is 2. The van der Waals surface area contributed by atoms with Gasteiger partial charge in [0.15, 0.2) is 0 Å². The van der Waals surface area contributed by atoms with Crippen molar-refractivity contribution in [3.63, 3.8) is 0 Å². The van der Waals surface area contributed by atoms with Crippen molar-refractivity contribution in [2.24, 2.45) is 22.9 Å². The van der Waals surface area contributed by atoms with Gasteiger partial charge in [-0.2, -0.15) is 0 Å². The van der Waals surface area contributed by atoms with Crippen molar-refractivity contribution in [3.8, 4) is 5.75 Å². The van der Waals surface area contributed by atoms with Crippen LogP contribution in [0.1, 0.15) is 70.3 Å². The zero-order valence-electron chi connectivity index (χ0n) is 31.8. The molecule has 0 heterocycles. The van der Waals surface area contributed by atoms with Crippen molar-refractivity contribution < 1.29 is 58.5 Å². The van der Waals surface area contributed by atoms with Crippen LogP contribution in [0.5, 0.6) is 5.75 Å². The van der Waals surface area contributed by atoms with Gasteiger partial charge in [0.1, 0.15) is 36.0 Å². The number of aliphatic carboxylic acids is 2. The number of benzene rings is 1. The van der Waals surface area contributed by atoms with Crippen molar-refractivity contribution in [2.45, 2.75) is 107 Å². The van der Waals surface area contributed by atoms with Gasteiger partial charge in [0, 0.05) is 12.8 Å². The van der Waals surface area contributed by atoms with Crippen molar-refractivity contribution in [2.75, 3.05) is 19.6 Å².